The van der Waals surface area contributed by atoms with Gasteiger partial charge >= 0.3 is 0 Å². The number of pyridine rings is 1. The normalized spacial score (nSPS) is 10.3. The van der Waals surface area contributed by atoms with Crippen LogP contribution in [0.2, 0.25) is 0 Å². The summed E-state index contributed by atoms with van der Waals surface area (Å²) in [6.45, 7) is 1.83. The van der Waals surface area contributed by atoms with E-state index in [-0.39, 0.29) is 0 Å². The van der Waals surface area contributed by atoms with Crippen molar-refractivity contribution in [1.82, 2.24) is 4.98 Å². The molecule has 0 aliphatic heterocycles. The molecule has 1 aromatic rings. The Bertz CT molecular complexity index is 466. The van der Waals surface area contributed by atoms with Crippen molar-refractivity contribution in [3.8, 4) is 11.2 Å². The molecule has 4 heteroatoms. The van der Waals surface area contributed by atoms with E-state index in [9.17, 15) is 8.42 Å². The Hall–Kier alpha value is -1.34. The summed E-state index contributed by atoms with van der Waals surface area (Å²) >= 11 is 0. The highest BCUT2D eigenvalue weighted by Gasteiger charge is 1.93. The predicted octanol–water partition coefficient (Wildman–Crippen LogP) is 0.744. The number of hydrogen-bond donors (Lipinski definition) is 0. The second kappa shape index (κ2) is 3.58. The van der Waals surface area contributed by atoms with E-state index in [4.69, 9.17) is 0 Å². The van der Waals surface area contributed by atoms with E-state index in [1.54, 1.807) is 12.1 Å². The van der Waals surface area contributed by atoms with Gasteiger partial charge in [0, 0.05) is 10.9 Å². The average Bonchev–Trinajstić information content (AvgIpc) is 2.00. The molecule has 0 spiro atoms. The van der Waals surface area contributed by atoms with Crippen LogP contribution in [-0.2, 0) is 9.84 Å². The lowest BCUT2D eigenvalue weighted by molar-refractivity contribution is 0.611. The number of sulfone groups is 1. The van der Waals surface area contributed by atoms with E-state index in [0.717, 1.165) is 11.9 Å². The van der Waals surface area contributed by atoms with Gasteiger partial charge in [-0.3, -0.25) is 0 Å². The number of aromatic nitrogens is 1. The van der Waals surface area contributed by atoms with Crippen molar-refractivity contribution in [3.05, 3.63) is 29.6 Å². The molecule has 0 aromatic carbocycles. The van der Waals surface area contributed by atoms with Crippen LogP contribution in [0.5, 0.6) is 0 Å². The lowest BCUT2D eigenvalue weighted by Crippen LogP contribution is -1.90. The zero-order chi connectivity index (χ0) is 9.90. The van der Waals surface area contributed by atoms with E-state index in [1.165, 1.54) is 0 Å². The minimum absolute atomic E-state index is 0.477. The molecule has 1 rings (SSSR count). The first-order valence-electron chi connectivity index (χ1n) is 3.64. The molecule has 0 radical (unpaired) electrons. The van der Waals surface area contributed by atoms with Gasteiger partial charge in [0.2, 0.25) is 9.84 Å². The molecule has 0 saturated heterocycles. The summed E-state index contributed by atoms with van der Waals surface area (Å²) in [6, 6.07) is 5.28. The maximum atomic E-state index is 10.7. The third kappa shape index (κ3) is 3.72. The van der Waals surface area contributed by atoms with E-state index in [2.05, 4.69) is 16.2 Å². The summed E-state index contributed by atoms with van der Waals surface area (Å²) in [5.74, 6) is 2.48. The first kappa shape index (κ1) is 9.75. The highest BCUT2D eigenvalue weighted by Crippen LogP contribution is 1.95. The minimum Gasteiger partial charge on any atom is -0.245 e. The summed E-state index contributed by atoms with van der Waals surface area (Å²) in [6.07, 6.45) is 1.07. The van der Waals surface area contributed by atoms with E-state index >= 15 is 0 Å². The zero-order valence-electron chi connectivity index (χ0n) is 7.40. The molecule has 0 bridgehead atoms. The molecule has 0 amide bonds. The van der Waals surface area contributed by atoms with Crippen LogP contribution in [-0.4, -0.2) is 19.7 Å². The average molecular weight is 195 g/mol. The van der Waals surface area contributed by atoms with Gasteiger partial charge in [0.1, 0.15) is 5.69 Å². The van der Waals surface area contributed by atoms with Gasteiger partial charge in [-0.2, -0.15) is 0 Å². The smallest absolute Gasteiger partial charge is 0.214 e. The second-order valence-corrected chi connectivity index (χ2v) is 4.41. The number of rotatable bonds is 0. The monoisotopic (exact) mass is 195 g/mol. The van der Waals surface area contributed by atoms with Crippen LogP contribution in [0.25, 0.3) is 0 Å². The van der Waals surface area contributed by atoms with Crippen LogP contribution >= 0.6 is 0 Å². The summed E-state index contributed by atoms with van der Waals surface area (Å²) in [5.41, 5.74) is 1.30. The Morgan fingerprint density at radius 1 is 1.38 bits per heavy atom. The Labute approximate surface area is 77.7 Å². The van der Waals surface area contributed by atoms with Crippen LogP contribution in [0.3, 0.4) is 0 Å². The predicted molar refractivity (Wildman–Crippen MR) is 50.7 cm³/mol. The SMILES string of the molecule is Cc1cccc(C#CS(C)(=O)=O)n1. The van der Waals surface area contributed by atoms with Crippen LogP contribution < -0.4 is 0 Å². The summed E-state index contributed by atoms with van der Waals surface area (Å²) in [5, 5.41) is 2.13. The molecular formula is C9H9NO2S. The fraction of sp³-hybridized carbons (Fsp3) is 0.222. The Morgan fingerprint density at radius 2 is 2.08 bits per heavy atom. The molecule has 0 fully saturated rings. The molecule has 0 saturated carbocycles. The van der Waals surface area contributed by atoms with Crippen LogP contribution in [0.4, 0.5) is 0 Å². The summed E-state index contributed by atoms with van der Waals surface area (Å²) < 4.78 is 21.4. The molecule has 68 valence electrons. The van der Waals surface area contributed by atoms with Gasteiger partial charge in [-0.15, -0.1) is 0 Å². The number of nitrogens with zero attached hydrogens (tertiary/aromatic N) is 1. The number of hydrogen-bond acceptors (Lipinski definition) is 3. The van der Waals surface area contributed by atoms with E-state index in [0.29, 0.717) is 5.69 Å². The molecule has 0 unspecified atom stereocenters. The first-order chi connectivity index (χ1) is 5.97. The van der Waals surface area contributed by atoms with Crippen molar-refractivity contribution < 1.29 is 8.42 Å². The van der Waals surface area contributed by atoms with Crippen molar-refractivity contribution in [2.75, 3.05) is 6.26 Å². The standard InChI is InChI=1S/C9H9NO2S/c1-8-4-3-5-9(10-8)6-7-13(2,11)12/h3-5H,1-2H3. The molecule has 0 aliphatic rings. The van der Waals surface area contributed by atoms with Gasteiger partial charge in [0.05, 0.1) is 6.26 Å². The molecule has 1 aromatic heterocycles. The number of aryl methyl sites for hydroxylation is 1. The lowest BCUT2D eigenvalue weighted by atomic mass is 10.3. The van der Waals surface area contributed by atoms with Crippen LogP contribution in [0, 0.1) is 18.1 Å². The van der Waals surface area contributed by atoms with Crippen molar-refractivity contribution in [1.29, 1.82) is 0 Å². The lowest BCUT2D eigenvalue weighted by Gasteiger charge is -1.90. The van der Waals surface area contributed by atoms with Crippen molar-refractivity contribution in [2.24, 2.45) is 0 Å². The van der Waals surface area contributed by atoms with Crippen LogP contribution in [0.1, 0.15) is 11.4 Å². The Balaban J connectivity index is 3.04. The van der Waals surface area contributed by atoms with Gasteiger partial charge in [-0.05, 0) is 25.0 Å². The molecule has 13 heavy (non-hydrogen) atoms. The maximum absolute atomic E-state index is 10.7. The summed E-state index contributed by atoms with van der Waals surface area (Å²) in [4.78, 5) is 4.04. The topological polar surface area (TPSA) is 47.0 Å². The second-order valence-electron chi connectivity index (χ2n) is 2.66. The fourth-order valence-corrected chi connectivity index (χ4v) is 1.05. The van der Waals surface area contributed by atoms with Gasteiger partial charge < -0.3 is 0 Å². The first-order valence-corrected chi connectivity index (χ1v) is 5.53. The van der Waals surface area contributed by atoms with Gasteiger partial charge in [0.25, 0.3) is 0 Å². The third-order valence-electron chi connectivity index (χ3n) is 1.25. The summed E-state index contributed by atoms with van der Waals surface area (Å²) in [7, 11) is -3.24. The van der Waals surface area contributed by atoms with Gasteiger partial charge in [-0.25, -0.2) is 13.4 Å². The highest BCUT2D eigenvalue weighted by atomic mass is 32.2. The Kier molecular flexibility index (Phi) is 2.69. The quantitative estimate of drug-likeness (QED) is 0.574. The fourth-order valence-electron chi connectivity index (χ4n) is 0.758. The molecule has 0 N–H and O–H groups in total. The van der Waals surface area contributed by atoms with Crippen molar-refractivity contribution in [3.63, 3.8) is 0 Å². The van der Waals surface area contributed by atoms with E-state index in [1.807, 2.05) is 13.0 Å². The highest BCUT2D eigenvalue weighted by molar-refractivity contribution is 7.95. The Morgan fingerprint density at radius 3 is 2.62 bits per heavy atom. The molecule has 1 heterocycles. The molecule has 0 atom stereocenters. The molecule has 0 aliphatic carbocycles. The van der Waals surface area contributed by atoms with Crippen LogP contribution in [0.15, 0.2) is 18.2 Å². The van der Waals surface area contributed by atoms with E-state index < -0.39 is 9.84 Å². The van der Waals surface area contributed by atoms with Crippen molar-refractivity contribution in [2.45, 2.75) is 6.92 Å². The van der Waals surface area contributed by atoms with Gasteiger partial charge in [-0.1, -0.05) is 6.07 Å². The maximum Gasteiger partial charge on any atom is 0.214 e. The van der Waals surface area contributed by atoms with Crippen molar-refractivity contribution >= 4 is 9.84 Å². The molecule has 3 nitrogen and oxygen atoms in total. The minimum atomic E-state index is -3.24. The van der Waals surface area contributed by atoms with Gasteiger partial charge in [0.15, 0.2) is 0 Å². The zero-order valence-corrected chi connectivity index (χ0v) is 8.22. The largest absolute Gasteiger partial charge is 0.245 e. The third-order valence-corrected chi connectivity index (χ3v) is 1.73. The molecular weight excluding hydrogens is 186 g/mol.